The van der Waals surface area contributed by atoms with E-state index in [2.05, 4.69) is 5.10 Å². The molecule has 0 fully saturated rings. The third-order valence-electron chi connectivity index (χ3n) is 4.94. The molecular weight excluding hydrogens is 390 g/mol. The van der Waals surface area contributed by atoms with Gasteiger partial charge in [-0.25, -0.2) is 9.48 Å². The van der Waals surface area contributed by atoms with E-state index in [1.54, 1.807) is 46.1 Å². The third kappa shape index (κ3) is 4.70. The van der Waals surface area contributed by atoms with Crippen LogP contribution in [0.25, 0.3) is 5.69 Å². The maximum absolute atomic E-state index is 13.6. The number of amides is 1. The van der Waals surface area contributed by atoms with Crippen molar-refractivity contribution in [3.8, 4) is 5.69 Å². The number of carbonyl (C=O) groups excluding carboxylic acids is 1. The van der Waals surface area contributed by atoms with Crippen molar-refractivity contribution in [2.45, 2.75) is 13.1 Å². The Balaban J connectivity index is 1.65. The first-order valence-corrected chi connectivity index (χ1v) is 9.87. The average Bonchev–Trinajstić information content (AvgIpc) is 3.30. The second-order valence-electron chi connectivity index (χ2n) is 7.11. The first-order valence-electron chi connectivity index (χ1n) is 9.87. The van der Waals surface area contributed by atoms with Gasteiger partial charge in [0.15, 0.2) is 0 Å². The fourth-order valence-corrected chi connectivity index (χ4v) is 3.38. The number of hydrogen-bond donors (Lipinski definition) is 1. The molecule has 1 heterocycles. The van der Waals surface area contributed by atoms with Crippen LogP contribution >= 0.6 is 0 Å². The molecule has 0 spiro atoms. The van der Waals surface area contributed by atoms with Crippen LogP contribution in [0.4, 0.5) is 0 Å². The molecule has 0 aliphatic rings. The van der Waals surface area contributed by atoms with Crippen molar-refractivity contribution in [1.82, 2.24) is 14.7 Å². The van der Waals surface area contributed by atoms with E-state index in [0.717, 1.165) is 16.8 Å². The van der Waals surface area contributed by atoms with Gasteiger partial charge in [0.2, 0.25) is 0 Å². The zero-order valence-electron chi connectivity index (χ0n) is 16.8. The molecule has 1 aromatic heterocycles. The number of rotatable bonds is 7. The Morgan fingerprint density at radius 1 is 0.774 bits per heavy atom. The first kappa shape index (κ1) is 20.1. The number of carboxylic acid groups (broad SMARTS) is 1. The molecule has 0 saturated carbocycles. The molecule has 31 heavy (non-hydrogen) atoms. The molecule has 6 heteroatoms. The highest BCUT2D eigenvalue weighted by Gasteiger charge is 2.21. The molecule has 1 N–H and O–H groups in total. The SMILES string of the molecule is O=C(O)c1ccc(CN(Cc2ccccc2)C(=O)c2ccnn2-c2ccccc2)cc1. The lowest BCUT2D eigenvalue weighted by Gasteiger charge is -2.23. The summed E-state index contributed by atoms with van der Waals surface area (Å²) in [5, 5.41) is 13.5. The van der Waals surface area contributed by atoms with Crippen molar-refractivity contribution in [1.29, 1.82) is 0 Å². The van der Waals surface area contributed by atoms with Crippen molar-refractivity contribution < 1.29 is 14.7 Å². The van der Waals surface area contributed by atoms with Gasteiger partial charge in [-0.05, 0) is 41.5 Å². The van der Waals surface area contributed by atoms with E-state index in [-0.39, 0.29) is 11.5 Å². The molecule has 4 rings (SSSR count). The Labute approximate surface area is 180 Å². The van der Waals surface area contributed by atoms with Gasteiger partial charge in [0, 0.05) is 13.1 Å². The fraction of sp³-hybridized carbons (Fsp3) is 0.0800. The van der Waals surface area contributed by atoms with Crippen molar-refractivity contribution in [2.75, 3.05) is 0 Å². The Morgan fingerprint density at radius 3 is 1.97 bits per heavy atom. The highest BCUT2D eigenvalue weighted by Crippen LogP contribution is 2.17. The normalized spacial score (nSPS) is 10.6. The number of carboxylic acids is 1. The van der Waals surface area contributed by atoms with E-state index in [4.69, 9.17) is 5.11 Å². The van der Waals surface area contributed by atoms with Gasteiger partial charge in [0.05, 0.1) is 17.4 Å². The summed E-state index contributed by atoms with van der Waals surface area (Å²) < 4.78 is 1.63. The van der Waals surface area contributed by atoms with Crippen LogP contribution in [0.3, 0.4) is 0 Å². The topological polar surface area (TPSA) is 75.4 Å². The second-order valence-corrected chi connectivity index (χ2v) is 7.11. The van der Waals surface area contributed by atoms with Crippen molar-refractivity contribution in [3.63, 3.8) is 0 Å². The number of carbonyl (C=O) groups is 2. The van der Waals surface area contributed by atoms with Crippen molar-refractivity contribution in [2.24, 2.45) is 0 Å². The smallest absolute Gasteiger partial charge is 0.335 e. The highest BCUT2D eigenvalue weighted by molar-refractivity contribution is 5.93. The van der Waals surface area contributed by atoms with Crippen LogP contribution in [0.1, 0.15) is 32.0 Å². The maximum Gasteiger partial charge on any atom is 0.335 e. The molecule has 0 atom stereocenters. The van der Waals surface area contributed by atoms with Crippen LogP contribution in [0.2, 0.25) is 0 Å². The zero-order valence-corrected chi connectivity index (χ0v) is 16.8. The van der Waals surface area contributed by atoms with Crippen LogP contribution in [0.5, 0.6) is 0 Å². The summed E-state index contributed by atoms with van der Waals surface area (Å²) >= 11 is 0. The largest absolute Gasteiger partial charge is 0.478 e. The number of benzene rings is 3. The minimum absolute atomic E-state index is 0.160. The molecule has 0 unspecified atom stereocenters. The van der Waals surface area contributed by atoms with E-state index in [1.807, 2.05) is 60.7 Å². The van der Waals surface area contributed by atoms with Gasteiger partial charge >= 0.3 is 5.97 Å². The fourth-order valence-electron chi connectivity index (χ4n) is 3.38. The molecule has 0 bridgehead atoms. The van der Waals surface area contributed by atoms with Crippen LogP contribution in [0, 0.1) is 0 Å². The van der Waals surface area contributed by atoms with Gasteiger partial charge in [0.25, 0.3) is 5.91 Å². The van der Waals surface area contributed by atoms with Gasteiger partial charge in [-0.3, -0.25) is 4.79 Å². The van der Waals surface area contributed by atoms with E-state index in [0.29, 0.717) is 18.8 Å². The van der Waals surface area contributed by atoms with Gasteiger partial charge in [-0.2, -0.15) is 5.10 Å². The molecule has 154 valence electrons. The van der Waals surface area contributed by atoms with Crippen molar-refractivity contribution in [3.05, 3.63) is 120 Å². The van der Waals surface area contributed by atoms with Gasteiger partial charge in [-0.1, -0.05) is 60.7 Å². The Morgan fingerprint density at radius 2 is 1.35 bits per heavy atom. The Kier molecular flexibility index (Phi) is 5.89. The molecule has 0 saturated heterocycles. The average molecular weight is 411 g/mol. The predicted molar refractivity (Wildman–Crippen MR) is 117 cm³/mol. The summed E-state index contributed by atoms with van der Waals surface area (Å²) in [6.45, 7) is 0.758. The van der Waals surface area contributed by atoms with Crippen molar-refractivity contribution >= 4 is 11.9 Å². The van der Waals surface area contributed by atoms with Gasteiger partial charge < -0.3 is 10.0 Å². The summed E-state index contributed by atoms with van der Waals surface area (Å²) in [5.74, 6) is -1.14. The molecule has 0 aliphatic carbocycles. The summed E-state index contributed by atoms with van der Waals surface area (Å²) in [7, 11) is 0. The number of aromatic carboxylic acids is 1. The number of hydrogen-bond acceptors (Lipinski definition) is 3. The standard InChI is InChI=1S/C25H21N3O3/c29-24(23-15-16-26-28(23)22-9-5-2-6-10-22)27(17-19-7-3-1-4-8-19)18-20-11-13-21(14-12-20)25(30)31/h1-16H,17-18H2,(H,30,31). The molecule has 0 radical (unpaired) electrons. The Hall–Kier alpha value is -4.19. The van der Waals surface area contributed by atoms with E-state index in [9.17, 15) is 9.59 Å². The number of para-hydroxylation sites is 1. The van der Waals surface area contributed by atoms with Crippen LogP contribution in [-0.4, -0.2) is 31.7 Å². The van der Waals surface area contributed by atoms with Crippen LogP contribution < -0.4 is 0 Å². The lowest BCUT2D eigenvalue weighted by molar-refractivity contribution is 0.0692. The monoisotopic (exact) mass is 411 g/mol. The zero-order chi connectivity index (χ0) is 21.6. The lowest BCUT2D eigenvalue weighted by atomic mass is 10.1. The van der Waals surface area contributed by atoms with E-state index < -0.39 is 5.97 Å². The summed E-state index contributed by atoms with van der Waals surface area (Å²) in [4.78, 5) is 26.4. The van der Waals surface area contributed by atoms with E-state index >= 15 is 0 Å². The molecule has 6 nitrogen and oxygen atoms in total. The lowest BCUT2D eigenvalue weighted by Crippen LogP contribution is -2.31. The molecule has 3 aromatic carbocycles. The van der Waals surface area contributed by atoms with Gasteiger partial charge in [-0.15, -0.1) is 0 Å². The van der Waals surface area contributed by atoms with Gasteiger partial charge in [0.1, 0.15) is 5.69 Å². The number of aromatic nitrogens is 2. The molecular formula is C25H21N3O3. The second kappa shape index (κ2) is 9.09. The maximum atomic E-state index is 13.6. The number of nitrogens with zero attached hydrogens (tertiary/aromatic N) is 3. The third-order valence-corrected chi connectivity index (χ3v) is 4.94. The molecule has 0 aliphatic heterocycles. The minimum atomic E-state index is -0.976. The summed E-state index contributed by atoms with van der Waals surface area (Å²) in [6, 6.07) is 27.6. The minimum Gasteiger partial charge on any atom is -0.478 e. The van der Waals surface area contributed by atoms with Crippen LogP contribution in [0.15, 0.2) is 97.2 Å². The van der Waals surface area contributed by atoms with E-state index in [1.165, 1.54) is 0 Å². The summed E-state index contributed by atoms with van der Waals surface area (Å²) in [6.07, 6.45) is 1.61. The summed E-state index contributed by atoms with van der Waals surface area (Å²) in [5.41, 5.74) is 3.33. The highest BCUT2D eigenvalue weighted by atomic mass is 16.4. The quantitative estimate of drug-likeness (QED) is 0.489. The molecule has 4 aromatic rings. The Bertz CT molecular complexity index is 1170. The predicted octanol–water partition coefficient (Wildman–Crippen LogP) is 4.41. The first-order chi connectivity index (χ1) is 15.1. The molecule has 1 amide bonds. The van der Waals surface area contributed by atoms with Crippen LogP contribution in [-0.2, 0) is 13.1 Å².